The monoisotopic (exact) mass is 386 g/mol. The average Bonchev–Trinajstić information content (AvgIpc) is 2.77. The summed E-state index contributed by atoms with van der Waals surface area (Å²) in [6.07, 6.45) is 0. The van der Waals surface area contributed by atoms with Gasteiger partial charge in [0, 0.05) is 5.56 Å². The number of carbonyl (C=O) groups excluding carboxylic acids is 1. The van der Waals surface area contributed by atoms with Crippen LogP contribution in [-0.4, -0.2) is 26.6 Å². The van der Waals surface area contributed by atoms with Crippen LogP contribution in [-0.2, 0) is 6.54 Å². The lowest BCUT2D eigenvalue weighted by Gasteiger charge is -2.14. The van der Waals surface area contributed by atoms with Gasteiger partial charge in [0.1, 0.15) is 6.61 Å². The van der Waals surface area contributed by atoms with E-state index in [0.717, 1.165) is 5.56 Å². The molecule has 3 aromatic carbocycles. The number of ketones is 1. The number of carbonyl (C=O) groups is 1. The van der Waals surface area contributed by atoms with Crippen molar-refractivity contribution in [1.29, 1.82) is 0 Å². The number of aliphatic hydroxyl groups excluding tert-OH is 1. The topological polar surface area (TPSA) is 81.3 Å². The first-order valence-corrected chi connectivity index (χ1v) is 9.13. The van der Waals surface area contributed by atoms with E-state index in [0.29, 0.717) is 22.2 Å². The number of para-hydroxylation sites is 2. The highest BCUT2D eigenvalue weighted by atomic mass is 16.3. The Labute approximate surface area is 165 Å². The highest BCUT2D eigenvalue weighted by Crippen LogP contribution is 2.13. The lowest BCUT2D eigenvalue weighted by molar-refractivity contribution is 0.0903. The fraction of sp³-hybridized carbons (Fsp3) is 0.0870. The van der Waals surface area contributed by atoms with Crippen molar-refractivity contribution in [2.75, 3.05) is 6.61 Å². The van der Waals surface area contributed by atoms with Gasteiger partial charge in [-0.1, -0.05) is 54.6 Å². The first-order chi connectivity index (χ1) is 14.1. The standard InChI is InChI=1S/C23H18N2O4/c26-15-21(27)17-12-10-16(11-13-17)14-24-20-9-5-4-8-19(20)22(28)25(23(24)29)18-6-2-1-3-7-18/h1-13,26H,14-15H2. The van der Waals surface area contributed by atoms with E-state index in [2.05, 4.69) is 0 Å². The van der Waals surface area contributed by atoms with Gasteiger partial charge < -0.3 is 5.11 Å². The maximum Gasteiger partial charge on any atom is 0.336 e. The highest BCUT2D eigenvalue weighted by molar-refractivity contribution is 5.96. The van der Waals surface area contributed by atoms with Crippen molar-refractivity contribution < 1.29 is 9.90 Å². The molecular weight excluding hydrogens is 368 g/mol. The molecule has 0 aliphatic rings. The molecule has 0 unspecified atom stereocenters. The number of nitrogens with zero attached hydrogens (tertiary/aromatic N) is 2. The minimum atomic E-state index is -0.550. The zero-order valence-corrected chi connectivity index (χ0v) is 15.5. The van der Waals surface area contributed by atoms with E-state index in [1.807, 2.05) is 6.07 Å². The Morgan fingerprint density at radius 2 is 1.48 bits per heavy atom. The van der Waals surface area contributed by atoms with Gasteiger partial charge in [0.05, 0.1) is 23.1 Å². The van der Waals surface area contributed by atoms with Gasteiger partial charge in [-0.25, -0.2) is 9.36 Å². The van der Waals surface area contributed by atoms with E-state index in [1.165, 1.54) is 4.57 Å². The molecule has 0 fully saturated rings. The Morgan fingerprint density at radius 3 is 2.17 bits per heavy atom. The van der Waals surface area contributed by atoms with Crippen LogP contribution in [0.2, 0.25) is 0 Å². The second-order valence-electron chi connectivity index (χ2n) is 6.64. The van der Waals surface area contributed by atoms with E-state index in [1.54, 1.807) is 77.4 Å². The largest absolute Gasteiger partial charge is 0.388 e. The Morgan fingerprint density at radius 1 is 0.828 bits per heavy atom. The molecule has 0 saturated carbocycles. The van der Waals surface area contributed by atoms with Gasteiger partial charge in [-0.05, 0) is 29.8 Å². The van der Waals surface area contributed by atoms with Crippen LogP contribution in [0.25, 0.3) is 16.6 Å². The van der Waals surface area contributed by atoms with Gasteiger partial charge in [-0.2, -0.15) is 0 Å². The van der Waals surface area contributed by atoms with Crippen LogP contribution in [0.1, 0.15) is 15.9 Å². The van der Waals surface area contributed by atoms with Crippen LogP contribution in [0, 0.1) is 0 Å². The average molecular weight is 386 g/mol. The normalized spacial score (nSPS) is 10.9. The number of aliphatic hydroxyl groups is 1. The summed E-state index contributed by atoms with van der Waals surface area (Å²) in [4.78, 5) is 37.9. The van der Waals surface area contributed by atoms with Gasteiger partial charge >= 0.3 is 5.69 Å². The number of benzene rings is 3. The second-order valence-corrected chi connectivity index (χ2v) is 6.64. The van der Waals surface area contributed by atoms with E-state index in [-0.39, 0.29) is 17.9 Å². The molecule has 0 aliphatic carbocycles. The summed E-state index contributed by atoms with van der Waals surface area (Å²) in [7, 11) is 0. The summed E-state index contributed by atoms with van der Waals surface area (Å²) in [5.41, 5.74) is 1.45. The molecular formula is C23H18N2O4. The van der Waals surface area contributed by atoms with Crippen molar-refractivity contribution >= 4 is 16.7 Å². The fourth-order valence-electron chi connectivity index (χ4n) is 3.35. The summed E-state index contributed by atoms with van der Waals surface area (Å²) in [5, 5.41) is 9.43. The van der Waals surface area contributed by atoms with Crippen molar-refractivity contribution in [2.24, 2.45) is 0 Å². The molecule has 4 aromatic rings. The molecule has 6 nitrogen and oxygen atoms in total. The third-order valence-corrected chi connectivity index (χ3v) is 4.83. The molecule has 0 bridgehead atoms. The van der Waals surface area contributed by atoms with Gasteiger partial charge in [-0.15, -0.1) is 0 Å². The maximum absolute atomic E-state index is 13.3. The van der Waals surface area contributed by atoms with Crippen molar-refractivity contribution in [3.63, 3.8) is 0 Å². The van der Waals surface area contributed by atoms with Crippen LogP contribution >= 0.6 is 0 Å². The van der Waals surface area contributed by atoms with Crippen molar-refractivity contribution in [3.05, 3.63) is 111 Å². The van der Waals surface area contributed by atoms with Crippen LogP contribution in [0.5, 0.6) is 0 Å². The first-order valence-electron chi connectivity index (χ1n) is 9.13. The van der Waals surface area contributed by atoms with Crippen LogP contribution in [0.15, 0.2) is 88.5 Å². The number of fused-ring (bicyclic) bond motifs is 1. The number of aromatic nitrogens is 2. The van der Waals surface area contributed by atoms with E-state index < -0.39 is 12.3 Å². The molecule has 1 heterocycles. The van der Waals surface area contributed by atoms with E-state index in [4.69, 9.17) is 5.11 Å². The highest BCUT2D eigenvalue weighted by Gasteiger charge is 2.14. The molecule has 0 atom stereocenters. The van der Waals surface area contributed by atoms with Crippen LogP contribution < -0.4 is 11.2 Å². The number of hydrogen-bond donors (Lipinski definition) is 1. The molecule has 4 rings (SSSR count). The summed E-state index contributed by atoms with van der Waals surface area (Å²) in [6, 6.07) is 22.5. The summed E-state index contributed by atoms with van der Waals surface area (Å²) >= 11 is 0. The molecule has 0 spiro atoms. The zero-order chi connectivity index (χ0) is 20.4. The van der Waals surface area contributed by atoms with E-state index >= 15 is 0 Å². The van der Waals surface area contributed by atoms with Crippen LogP contribution in [0.4, 0.5) is 0 Å². The number of Topliss-reactive ketones (excluding diaryl/α,β-unsaturated/α-hetero) is 1. The van der Waals surface area contributed by atoms with E-state index in [9.17, 15) is 14.4 Å². The SMILES string of the molecule is O=C(CO)c1ccc(Cn2c(=O)n(-c3ccccc3)c(=O)c3ccccc32)cc1. The van der Waals surface area contributed by atoms with Gasteiger partial charge in [0.25, 0.3) is 5.56 Å². The summed E-state index contributed by atoms with van der Waals surface area (Å²) < 4.78 is 2.72. The maximum atomic E-state index is 13.3. The minimum Gasteiger partial charge on any atom is -0.388 e. The van der Waals surface area contributed by atoms with Gasteiger partial charge in [0.15, 0.2) is 5.78 Å². The van der Waals surface area contributed by atoms with Crippen molar-refractivity contribution in [1.82, 2.24) is 9.13 Å². The molecule has 1 N–H and O–H groups in total. The smallest absolute Gasteiger partial charge is 0.336 e. The predicted octanol–water partition coefficient (Wildman–Crippen LogP) is 2.38. The Hall–Kier alpha value is -3.77. The lowest BCUT2D eigenvalue weighted by atomic mass is 10.1. The molecule has 144 valence electrons. The van der Waals surface area contributed by atoms with Gasteiger partial charge in [-0.3, -0.25) is 14.2 Å². The van der Waals surface area contributed by atoms with Crippen LogP contribution in [0.3, 0.4) is 0 Å². The Bertz CT molecular complexity index is 1300. The third-order valence-electron chi connectivity index (χ3n) is 4.83. The van der Waals surface area contributed by atoms with Crippen molar-refractivity contribution in [3.8, 4) is 5.69 Å². The molecule has 1 aromatic heterocycles. The molecule has 0 saturated heterocycles. The molecule has 29 heavy (non-hydrogen) atoms. The molecule has 0 radical (unpaired) electrons. The Kier molecular flexibility index (Phi) is 4.93. The number of rotatable bonds is 5. The van der Waals surface area contributed by atoms with Gasteiger partial charge in [0.2, 0.25) is 0 Å². The summed E-state index contributed by atoms with van der Waals surface area (Å²) in [5.74, 6) is -0.364. The second kappa shape index (κ2) is 7.69. The molecule has 0 amide bonds. The van der Waals surface area contributed by atoms with Crippen molar-refractivity contribution in [2.45, 2.75) is 6.54 Å². The number of hydrogen-bond acceptors (Lipinski definition) is 4. The summed E-state index contributed by atoms with van der Waals surface area (Å²) in [6.45, 7) is -0.314. The first kappa shape index (κ1) is 18.6. The quantitative estimate of drug-likeness (QED) is 0.534. The molecule has 0 aliphatic heterocycles. The fourth-order valence-corrected chi connectivity index (χ4v) is 3.35. The minimum absolute atomic E-state index is 0.236. The predicted molar refractivity (Wildman–Crippen MR) is 111 cm³/mol. The zero-order valence-electron chi connectivity index (χ0n) is 15.5. The Balaban J connectivity index is 1.89. The third kappa shape index (κ3) is 3.41. The lowest BCUT2D eigenvalue weighted by Crippen LogP contribution is -2.39. The molecule has 6 heteroatoms.